The predicted molar refractivity (Wildman–Crippen MR) is 74.5 cm³/mol. The summed E-state index contributed by atoms with van der Waals surface area (Å²) in [7, 11) is 1.68. The normalized spacial score (nSPS) is 17.7. The molecule has 110 valence electrons. The van der Waals surface area contributed by atoms with Crippen LogP contribution in [0.3, 0.4) is 0 Å². The van der Waals surface area contributed by atoms with Gasteiger partial charge >= 0.3 is 0 Å². The molecule has 0 saturated carbocycles. The number of rotatable bonds is 4. The lowest BCUT2D eigenvalue weighted by Crippen LogP contribution is -2.47. The zero-order valence-corrected chi connectivity index (χ0v) is 11.7. The van der Waals surface area contributed by atoms with Crippen molar-refractivity contribution in [3.63, 3.8) is 0 Å². The highest BCUT2D eigenvalue weighted by atomic mass is 16.5. The largest absolute Gasteiger partial charge is 0.508 e. The summed E-state index contributed by atoms with van der Waals surface area (Å²) in [5.74, 6) is 0.00504. The van der Waals surface area contributed by atoms with E-state index in [1.165, 1.54) is 4.90 Å². The fraction of sp³-hybridized carbons (Fsp3) is 0.533. The predicted octanol–water partition coefficient (Wildman–Crippen LogP) is 0.935. The highest BCUT2D eigenvalue weighted by molar-refractivity contribution is 5.79. The Labute approximate surface area is 118 Å². The number of likely N-dealkylation sites (N-methyl/N-ethyl adjacent to an activating group) is 1. The van der Waals surface area contributed by atoms with E-state index in [2.05, 4.69) is 0 Å². The van der Waals surface area contributed by atoms with Crippen molar-refractivity contribution in [3.05, 3.63) is 29.8 Å². The monoisotopic (exact) mass is 279 g/mol. The van der Waals surface area contributed by atoms with Crippen molar-refractivity contribution in [2.24, 2.45) is 0 Å². The summed E-state index contributed by atoms with van der Waals surface area (Å²) < 4.78 is 5.22. The number of amides is 1. The minimum atomic E-state index is -0.860. The van der Waals surface area contributed by atoms with Gasteiger partial charge < -0.3 is 19.8 Å². The number of phenolic OH excluding ortho intramolecular Hbond substituents is 1. The van der Waals surface area contributed by atoms with Gasteiger partial charge in [0.2, 0.25) is 5.91 Å². The molecule has 0 atom stereocenters. The van der Waals surface area contributed by atoms with Gasteiger partial charge in [0.15, 0.2) is 0 Å². The number of hydrogen-bond acceptors (Lipinski definition) is 4. The molecule has 1 aromatic carbocycles. The first-order valence-corrected chi connectivity index (χ1v) is 6.81. The fourth-order valence-corrected chi connectivity index (χ4v) is 2.40. The van der Waals surface area contributed by atoms with Crippen molar-refractivity contribution in [2.75, 3.05) is 26.8 Å². The number of phenols is 1. The molecule has 1 amide bonds. The lowest BCUT2D eigenvalue weighted by atomic mass is 9.94. The lowest BCUT2D eigenvalue weighted by molar-refractivity contribution is -0.136. The van der Waals surface area contributed by atoms with Crippen LogP contribution < -0.4 is 0 Å². The summed E-state index contributed by atoms with van der Waals surface area (Å²) in [6.45, 7) is 1.35. The van der Waals surface area contributed by atoms with Gasteiger partial charge in [-0.15, -0.1) is 0 Å². The van der Waals surface area contributed by atoms with E-state index in [9.17, 15) is 15.0 Å². The quantitative estimate of drug-likeness (QED) is 0.860. The van der Waals surface area contributed by atoms with Crippen molar-refractivity contribution < 1.29 is 19.7 Å². The fourth-order valence-electron chi connectivity index (χ4n) is 2.40. The van der Waals surface area contributed by atoms with Crippen molar-refractivity contribution in [2.45, 2.75) is 24.9 Å². The van der Waals surface area contributed by atoms with Crippen LogP contribution in [0.4, 0.5) is 0 Å². The van der Waals surface area contributed by atoms with E-state index in [-0.39, 0.29) is 18.1 Å². The van der Waals surface area contributed by atoms with Crippen LogP contribution >= 0.6 is 0 Å². The first-order chi connectivity index (χ1) is 9.50. The van der Waals surface area contributed by atoms with Gasteiger partial charge in [-0.1, -0.05) is 18.2 Å². The van der Waals surface area contributed by atoms with Crippen LogP contribution in [0.5, 0.6) is 5.75 Å². The number of carbonyl (C=O) groups is 1. The lowest BCUT2D eigenvalue weighted by Gasteiger charge is -2.35. The van der Waals surface area contributed by atoms with Gasteiger partial charge in [0, 0.05) is 45.2 Å². The van der Waals surface area contributed by atoms with Crippen LogP contribution in [0.15, 0.2) is 24.3 Å². The standard InChI is InChI=1S/C15H21NO4/c1-16(11-15(19)6-8-20-9-7-15)14(18)10-12-4-2-3-5-13(12)17/h2-5,17,19H,6-11H2,1H3. The van der Waals surface area contributed by atoms with Gasteiger partial charge in [-0.2, -0.15) is 0 Å². The van der Waals surface area contributed by atoms with Gasteiger partial charge in [-0.3, -0.25) is 4.79 Å². The Balaban J connectivity index is 1.93. The van der Waals surface area contributed by atoms with E-state index in [0.717, 1.165) is 0 Å². The third-order valence-corrected chi connectivity index (χ3v) is 3.71. The smallest absolute Gasteiger partial charge is 0.226 e. The van der Waals surface area contributed by atoms with E-state index in [1.807, 2.05) is 0 Å². The van der Waals surface area contributed by atoms with E-state index in [0.29, 0.717) is 38.2 Å². The summed E-state index contributed by atoms with van der Waals surface area (Å²) in [5.41, 5.74) is -0.259. The summed E-state index contributed by atoms with van der Waals surface area (Å²) in [6, 6.07) is 6.80. The molecule has 0 unspecified atom stereocenters. The van der Waals surface area contributed by atoms with Crippen LogP contribution in [-0.2, 0) is 16.0 Å². The number of carbonyl (C=O) groups excluding carboxylic acids is 1. The first-order valence-electron chi connectivity index (χ1n) is 6.81. The second-order valence-electron chi connectivity index (χ2n) is 5.39. The third kappa shape index (κ3) is 3.71. The Morgan fingerprint density at radius 3 is 2.65 bits per heavy atom. The second kappa shape index (κ2) is 6.24. The molecular weight excluding hydrogens is 258 g/mol. The molecule has 2 rings (SSSR count). The van der Waals surface area contributed by atoms with Crippen molar-refractivity contribution in [3.8, 4) is 5.75 Å². The highest BCUT2D eigenvalue weighted by Crippen LogP contribution is 2.22. The second-order valence-corrected chi connectivity index (χ2v) is 5.39. The minimum Gasteiger partial charge on any atom is -0.508 e. The molecule has 1 aromatic rings. The average Bonchev–Trinajstić information content (AvgIpc) is 2.41. The zero-order chi connectivity index (χ0) is 14.6. The van der Waals surface area contributed by atoms with Gasteiger partial charge in [0.25, 0.3) is 0 Å². The molecule has 0 aliphatic carbocycles. The van der Waals surface area contributed by atoms with Crippen molar-refractivity contribution in [1.82, 2.24) is 4.90 Å². The maximum atomic E-state index is 12.2. The minimum absolute atomic E-state index is 0.119. The van der Waals surface area contributed by atoms with Gasteiger partial charge in [-0.05, 0) is 6.07 Å². The Hall–Kier alpha value is -1.59. The molecule has 0 spiro atoms. The average molecular weight is 279 g/mol. The molecule has 0 radical (unpaired) electrons. The number of benzene rings is 1. The van der Waals surface area contributed by atoms with Crippen LogP contribution in [-0.4, -0.2) is 53.4 Å². The Bertz CT molecular complexity index is 469. The summed E-state index contributed by atoms with van der Waals surface area (Å²) in [6.07, 6.45) is 1.22. The topological polar surface area (TPSA) is 70.0 Å². The number of hydrogen-bond donors (Lipinski definition) is 2. The number of aromatic hydroxyl groups is 1. The van der Waals surface area contributed by atoms with Crippen molar-refractivity contribution >= 4 is 5.91 Å². The first kappa shape index (κ1) is 14.8. The maximum Gasteiger partial charge on any atom is 0.226 e. The molecule has 5 heteroatoms. The summed E-state index contributed by atoms with van der Waals surface area (Å²) in [4.78, 5) is 13.7. The molecule has 20 heavy (non-hydrogen) atoms. The van der Waals surface area contributed by atoms with Crippen molar-refractivity contribution in [1.29, 1.82) is 0 Å². The van der Waals surface area contributed by atoms with Crippen LogP contribution in [0, 0.1) is 0 Å². The van der Waals surface area contributed by atoms with E-state index in [1.54, 1.807) is 31.3 Å². The molecule has 1 fully saturated rings. The van der Waals surface area contributed by atoms with E-state index >= 15 is 0 Å². The molecule has 1 saturated heterocycles. The third-order valence-electron chi connectivity index (χ3n) is 3.71. The molecule has 1 aliphatic heterocycles. The van der Waals surface area contributed by atoms with Gasteiger partial charge in [-0.25, -0.2) is 0 Å². The molecular formula is C15H21NO4. The van der Waals surface area contributed by atoms with Crippen LogP contribution in [0.1, 0.15) is 18.4 Å². The summed E-state index contributed by atoms with van der Waals surface area (Å²) in [5, 5.41) is 20.1. The highest BCUT2D eigenvalue weighted by Gasteiger charge is 2.32. The number of aliphatic hydroxyl groups is 1. The number of ether oxygens (including phenoxy) is 1. The molecule has 1 heterocycles. The number of para-hydroxylation sites is 1. The Morgan fingerprint density at radius 2 is 2.00 bits per heavy atom. The Morgan fingerprint density at radius 1 is 1.35 bits per heavy atom. The zero-order valence-electron chi connectivity index (χ0n) is 11.7. The Kier molecular flexibility index (Phi) is 4.62. The molecule has 2 N–H and O–H groups in total. The van der Waals surface area contributed by atoms with E-state index < -0.39 is 5.60 Å². The molecule has 0 bridgehead atoms. The molecule has 1 aliphatic rings. The molecule has 5 nitrogen and oxygen atoms in total. The van der Waals surface area contributed by atoms with Crippen LogP contribution in [0.2, 0.25) is 0 Å². The summed E-state index contributed by atoms with van der Waals surface area (Å²) >= 11 is 0. The SMILES string of the molecule is CN(CC1(O)CCOCC1)C(=O)Cc1ccccc1O. The number of nitrogens with zero attached hydrogens (tertiary/aromatic N) is 1. The van der Waals surface area contributed by atoms with Gasteiger partial charge in [0.05, 0.1) is 12.0 Å². The van der Waals surface area contributed by atoms with Gasteiger partial charge in [0.1, 0.15) is 5.75 Å². The van der Waals surface area contributed by atoms with E-state index in [4.69, 9.17) is 4.74 Å². The maximum absolute atomic E-state index is 12.2. The van der Waals surface area contributed by atoms with Crippen LogP contribution in [0.25, 0.3) is 0 Å². The molecule has 0 aromatic heterocycles.